The Labute approximate surface area is 129 Å². The fourth-order valence-electron chi connectivity index (χ4n) is 4.09. The van der Waals surface area contributed by atoms with Gasteiger partial charge in [0.05, 0.1) is 13.2 Å². The lowest BCUT2D eigenvalue weighted by atomic mass is 9.76. The maximum Gasteiger partial charge on any atom is 0.172 e. The smallest absolute Gasteiger partial charge is 0.172 e. The third kappa shape index (κ3) is 2.72. The molecule has 0 radical (unpaired) electrons. The van der Waals surface area contributed by atoms with Gasteiger partial charge in [-0.25, -0.2) is 8.78 Å². The van der Waals surface area contributed by atoms with E-state index in [4.69, 9.17) is 4.74 Å². The predicted octanol–water partition coefficient (Wildman–Crippen LogP) is 3.10. The second-order valence-electron chi connectivity index (χ2n) is 6.63. The summed E-state index contributed by atoms with van der Waals surface area (Å²) >= 11 is 0. The number of methoxy groups -OCH3 is 1. The Morgan fingerprint density at radius 2 is 2.09 bits per heavy atom. The fourth-order valence-corrected chi connectivity index (χ4v) is 4.09. The van der Waals surface area contributed by atoms with Crippen LogP contribution in [-0.2, 0) is 6.54 Å². The average molecular weight is 311 g/mol. The predicted molar refractivity (Wildman–Crippen MR) is 79.7 cm³/mol. The highest BCUT2D eigenvalue weighted by molar-refractivity contribution is 5.32. The topological polar surface area (TPSA) is 32.7 Å². The first-order valence-corrected chi connectivity index (χ1v) is 7.97. The molecule has 3 nitrogen and oxygen atoms in total. The number of aliphatic hydroxyl groups is 1. The Hall–Kier alpha value is -1.20. The molecular weight excluding hydrogens is 288 g/mol. The summed E-state index contributed by atoms with van der Waals surface area (Å²) < 4.78 is 33.2. The molecule has 0 unspecified atom stereocenters. The summed E-state index contributed by atoms with van der Waals surface area (Å²) in [5, 5.41) is 10.3. The second kappa shape index (κ2) is 6.13. The molecule has 3 rings (SSSR count). The van der Waals surface area contributed by atoms with E-state index < -0.39 is 11.6 Å². The normalized spacial score (nSPS) is 29.2. The molecule has 5 heteroatoms. The van der Waals surface area contributed by atoms with Gasteiger partial charge in [0.15, 0.2) is 11.6 Å². The molecule has 0 amide bonds. The molecule has 1 heterocycles. The minimum Gasteiger partial charge on any atom is -0.494 e. The number of halogens is 2. The highest BCUT2D eigenvalue weighted by Crippen LogP contribution is 2.45. The van der Waals surface area contributed by atoms with Gasteiger partial charge < -0.3 is 9.84 Å². The van der Waals surface area contributed by atoms with Gasteiger partial charge in [-0.05, 0) is 44.4 Å². The van der Waals surface area contributed by atoms with Gasteiger partial charge in [-0.15, -0.1) is 0 Å². The van der Waals surface area contributed by atoms with Crippen LogP contribution in [0.1, 0.15) is 37.7 Å². The van der Waals surface area contributed by atoms with Gasteiger partial charge >= 0.3 is 0 Å². The van der Waals surface area contributed by atoms with E-state index in [-0.39, 0.29) is 29.4 Å². The molecule has 2 atom stereocenters. The first kappa shape index (κ1) is 15.7. The molecule has 1 aliphatic heterocycles. The van der Waals surface area contributed by atoms with E-state index in [1.54, 1.807) is 0 Å². The van der Waals surface area contributed by atoms with Gasteiger partial charge in [-0.1, -0.05) is 6.42 Å². The molecule has 0 aromatic heterocycles. The number of piperidine rings is 1. The van der Waals surface area contributed by atoms with Crippen molar-refractivity contribution in [1.29, 1.82) is 0 Å². The largest absolute Gasteiger partial charge is 0.494 e. The lowest BCUT2D eigenvalue weighted by molar-refractivity contribution is -0.0125. The molecular formula is C17H23F2NO2. The summed E-state index contributed by atoms with van der Waals surface area (Å²) in [7, 11) is 1.38. The number of nitrogens with zero attached hydrogens (tertiary/aromatic N) is 1. The number of aliphatic hydroxyl groups excluding tert-OH is 1. The fraction of sp³-hybridized carbons (Fsp3) is 0.647. The van der Waals surface area contributed by atoms with Gasteiger partial charge in [0.1, 0.15) is 5.82 Å². The van der Waals surface area contributed by atoms with Crippen molar-refractivity contribution in [2.24, 2.45) is 5.41 Å². The molecule has 1 aromatic rings. The maximum absolute atomic E-state index is 14.3. The van der Waals surface area contributed by atoms with Crippen molar-refractivity contribution in [2.75, 3.05) is 20.2 Å². The summed E-state index contributed by atoms with van der Waals surface area (Å²) in [4.78, 5) is 2.07. The molecule has 122 valence electrons. The number of ether oxygens (including phenoxy) is 1. The number of hydrogen-bond acceptors (Lipinski definition) is 3. The van der Waals surface area contributed by atoms with E-state index in [0.29, 0.717) is 6.54 Å². The van der Waals surface area contributed by atoms with E-state index in [1.165, 1.54) is 19.2 Å². The first-order valence-electron chi connectivity index (χ1n) is 7.97. The first-order chi connectivity index (χ1) is 10.6. The molecule has 1 N–H and O–H groups in total. The zero-order valence-corrected chi connectivity index (χ0v) is 12.9. The van der Waals surface area contributed by atoms with Crippen LogP contribution in [0, 0.1) is 17.0 Å². The third-order valence-electron chi connectivity index (χ3n) is 5.30. The summed E-state index contributed by atoms with van der Waals surface area (Å²) in [6.45, 7) is 1.75. The van der Waals surface area contributed by atoms with Crippen LogP contribution in [0.25, 0.3) is 0 Å². The van der Waals surface area contributed by atoms with Crippen molar-refractivity contribution in [2.45, 2.75) is 44.8 Å². The molecule has 0 bridgehead atoms. The van der Waals surface area contributed by atoms with Crippen LogP contribution < -0.4 is 4.74 Å². The average Bonchev–Trinajstić information content (AvgIpc) is 2.84. The number of benzene rings is 1. The third-order valence-corrected chi connectivity index (χ3v) is 5.30. The van der Waals surface area contributed by atoms with Crippen molar-refractivity contribution in [3.8, 4) is 5.75 Å². The van der Waals surface area contributed by atoms with Crippen molar-refractivity contribution >= 4 is 0 Å². The summed E-state index contributed by atoms with van der Waals surface area (Å²) in [5.74, 6) is -1.08. The zero-order chi connectivity index (χ0) is 15.7. The molecule has 1 aromatic carbocycles. The van der Waals surface area contributed by atoms with Crippen molar-refractivity contribution in [1.82, 2.24) is 4.90 Å². The molecule has 2 fully saturated rings. The van der Waals surface area contributed by atoms with Crippen LogP contribution in [0.5, 0.6) is 5.75 Å². The van der Waals surface area contributed by atoms with E-state index in [0.717, 1.165) is 38.6 Å². The van der Waals surface area contributed by atoms with Gasteiger partial charge in [-0.2, -0.15) is 0 Å². The molecule has 1 saturated heterocycles. The van der Waals surface area contributed by atoms with Crippen LogP contribution in [0.15, 0.2) is 12.1 Å². The Bertz CT molecular complexity index is 552. The number of hydrogen-bond donors (Lipinski definition) is 1. The SMILES string of the molecule is COc1ccc(F)c(CN2CCC[C@]3(CCC[C@H]3O)C2)c1F. The van der Waals surface area contributed by atoms with Gasteiger partial charge in [0.25, 0.3) is 0 Å². The highest BCUT2D eigenvalue weighted by Gasteiger charge is 2.44. The molecule has 1 aliphatic carbocycles. The summed E-state index contributed by atoms with van der Waals surface area (Å²) in [5.41, 5.74) is -0.0201. The van der Waals surface area contributed by atoms with Crippen LogP contribution in [-0.4, -0.2) is 36.3 Å². The van der Waals surface area contributed by atoms with Crippen molar-refractivity contribution < 1.29 is 18.6 Å². The standard InChI is InChI=1S/C17H23F2NO2/c1-22-14-6-5-13(18)12(16(14)19)10-20-9-3-8-17(11-20)7-2-4-15(17)21/h5-6,15,21H,2-4,7-11H2,1H3/t15-,17-/m1/s1. The Kier molecular flexibility index (Phi) is 4.37. The summed E-state index contributed by atoms with van der Waals surface area (Å²) in [6.07, 6.45) is 4.58. The van der Waals surface area contributed by atoms with Crippen molar-refractivity contribution in [3.05, 3.63) is 29.3 Å². The van der Waals surface area contributed by atoms with Crippen LogP contribution in [0.3, 0.4) is 0 Å². The van der Waals surface area contributed by atoms with E-state index in [1.807, 2.05) is 0 Å². The Balaban J connectivity index is 1.79. The van der Waals surface area contributed by atoms with Crippen LogP contribution in [0.2, 0.25) is 0 Å². The lowest BCUT2D eigenvalue weighted by Gasteiger charge is -2.42. The number of likely N-dealkylation sites (tertiary alicyclic amines) is 1. The van der Waals surface area contributed by atoms with Gasteiger partial charge in [0, 0.05) is 24.1 Å². The monoisotopic (exact) mass is 311 g/mol. The zero-order valence-electron chi connectivity index (χ0n) is 12.9. The van der Waals surface area contributed by atoms with E-state index in [9.17, 15) is 13.9 Å². The minimum atomic E-state index is -0.617. The van der Waals surface area contributed by atoms with Crippen LogP contribution in [0.4, 0.5) is 8.78 Å². The maximum atomic E-state index is 14.3. The molecule has 1 spiro atoms. The van der Waals surface area contributed by atoms with Crippen molar-refractivity contribution in [3.63, 3.8) is 0 Å². The lowest BCUT2D eigenvalue weighted by Crippen LogP contribution is -2.46. The van der Waals surface area contributed by atoms with E-state index >= 15 is 0 Å². The minimum absolute atomic E-state index is 0.0592. The van der Waals surface area contributed by atoms with E-state index in [2.05, 4.69) is 4.90 Å². The summed E-state index contributed by atoms with van der Waals surface area (Å²) in [6, 6.07) is 2.56. The Morgan fingerprint density at radius 1 is 1.32 bits per heavy atom. The second-order valence-corrected chi connectivity index (χ2v) is 6.63. The Morgan fingerprint density at radius 3 is 2.77 bits per heavy atom. The highest BCUT2D eigenvalue weighted by atomic mass is 19.1. The molecule has 1 saturated carbocycles. The molecule has 22 heavy (non-hydrogen) atoms. The van der Waals surface area contributed by atoms with Gasteiger partial charge in [-0.3, -0.25) is 4.90 Å². The molecule has 2 aliphatic rings. The number of rotatable bonds is 3. The van der Waals surface area contributed by atoms with Gasteiger partial charge in [0.2, 0.25) is 0 Å². The van der Waals surface area contributed by atoms with Crippen LogP contribution >= 0.6 is 0 Å². The quantitative estimate of drug-likeness (QED) is 0.931.